The van der Waals surface area contributed by atoms with E-state index in [-0.39, 0.29) is 22.2 Å². The van der Waals surface area contributed by atoms with Gasteiger partial charge in [-0.2, -0.15) is 0 Å². The maximum absolute atomic E-state index is 12.2. The van der Waals surface area contributed by atoms with Gasteiger partial charge < -0.3 is 10.2 Å². The van der Waals surface area contributed by atoms with Gasteiger partial charge in [0.2, 0.25) is 12.2 Å². The fourth-order valence-electron chi connectivity index (χ4n) is 3.55. The van der Waals surface area contributed by atoms with Crippen LogP contribution in [0.1, 0.15) is 12.6 Å². The lowest BCUT2D eigenvalue weighted by molar-refractivity contribution is -0.671. The maximum atomic E-state index is 12.2. The highest BCUT2D eigenvalue weighted by Crippen LogP contribution is 2.55. The molecular formula is C15H18N3O4S2+. The molecule has 3 aliphatic rings. The highest BCUT2D eigenvalue weighted by atomic mass is 32.2. The maximum Gasteiger partial charge on any atom is 0.354 e. The number of rotatable bonds is 4. The molecule has 4 rings (SSSR count). The number of fused-ring (bicyclic) bond motifs is 2. The molecule has 128 valence electrons. The molecule has 1 saturated heterocycles. The summed E-state index contributed by atoms with van der Waals surface area (Å²) in [5.41, 5.74) is 1.32. The van der Waals surface area contributed by atoms with Gasteiger partial charge in [0, 0.05) is 6.42 Å². The molecule has 0 saturated carbocycles. The number of aliphatic hydroxyl groups is 1. The summed E-state index contributed by atoms with van der Waals surface area (Å²) in [6.45, 7) is 2.41. The summed E-state index contributed by atoms with van der Waals surface area (Å²) >= 11 is 2.94. The third-order valence-electron chi connectivity index (χ3n) is 4.62. The van der Waals surface area contributed by atoms with Gasteiger partial charge in [0.15, 0.2) is 5.70 Å². The monoisotopic (exact) mass is 368 g/mol. The van der Waals surface area contributed by atoms with E-state index in [0.717, 1.165) is 13.0 Å². The molecule has 0 aliphatic carbocycles. The highest BCUT2D eigenvalue weighted by molar-refractivity contribution is 8.23. The quantitative estimate of drug-likeness (QED) is 0.581. The minimum absolute atomic E-state index is 0.0824. The van der Waals surface area contributed by atoms with Crippen molar-refractivity contribution in [3.8, 4) is 0 Å². The average Bonchev–Trinajstić information content (AvgIpc) is 3.08. The first-order chi connectivity index (χ1) is 11.4. The molecule has 2 N–H and O–H groups in total. The first-order valence-corrected chi connectivity index (χ1v) is 9.49. The van der Waals surface area contributed by atoms with Crippen molar-refractivity contribution in [2.24, 2.45) is 13.0 Å². The molecule has 0 radical (unpaired) electrons. The third-order valence-corrected chi connectivity index (χ3v) is 7.41. The number of aliphatic hydroxyl groups excluding tert-OH is 1. The number of nitrogens with zero attached hydrogens (tertiary/aromatic N) is 3. The Kier molecular flexibility index (Phi) is 3.70. The summed E-state index contributed by atoms with van der Waals surface area (Å²) in [5.74, 6) is -1.88. The van der Waals surface area contributed by atoms with E-state index >= 15 is 0 Å². The summed E-state index contributed by atoms with van der Waals surface area (Å²) in [4.78, 5) is 25.2. The normalized spacial score (nSPS) is 29.5. The van der Waals surface area contributed by atoms with Gasteiger partial charge in [0.05, 0.1) is 28.6 Å². The Bertz CT molecular complexity index is 749. The van der Waals surface area contributed by atoms with Gasteiger partial charge in [0.1, 0.15) is 23.8 Å². The summed E-state index contributed by atoms with van der Waals surface area (Å²) in [6, 6.07) is 0. The Balaban J connectivity index is 1.54. The van der Waals surface area contributed by atoms with Crippen molar-refractivity contribution in [1.82, 2.24) is 9.47 Å². The average molecular weight is 368 g/mol. The molecule has 0 unspecified atom stereocenters. The van der Waals surface area contributed by atoms with E-state index in [1.807, 2.05) is 17.9 Å². The van der Waals surface area contributed by atoms with Crippen LogP contribution in [0.4, 0.5) is 0 Å². The van der Waals surface area contributed by atoms with Crippen LogP contribution in [0.25, 0.3) is 0 Å². The first-order valence-electron chi connectivity index (χ1n) is 7.73. The second-order valence-electron chi connectivity index (χ2n) is 6.42. The fourth-order valence-corrected chi connectivity index (χ4v) is 6.89. The van der Waals surface area contributed by atoms with E-state index in [2.05, 4.69) is 10.8 Å². The van der Waals surface area contributed by atoms with Crippen LogP contribution in [0.2, 0.25) is 0 Å². The molecule has 24 heavy (non-hydrogen) atoms. The van der Waals surface area contributed by atoms with Crippen molar-refractivity contribution in [3.63, 3.8) is 0 Å². The van der Waals surface area contributed by atoms with Crippen LogP contribution in [0.5, 0.6) is 0 Å². The van der Waals surface area contributed by atoms with Gasteiger partial charge >= 0.3 is 5.97 Å². The van der Waals surface area contributed by atoms with Crippen molar-refractivity contribution in [2.45, 2.75) is 36.6 Å². The summed E-state index contributed by atoms with van der Waals surface area (Å²) in [6.07, 6.45) is 4.22. The Morgan fingerprint density at radius 2 is 2.29 bits per heavy atom. The molecule has 4 heterocycles. The van der Waals surface area contributed by atoms with Crippen molar-refractivity contribution < 1.29 is 24.4 Å². The van der Waals surface area contributed by atoms with E-state index in [0.29, 0.717) is 4.24 Å². The molecule has 7 nitrogen and oxygen atoms in total. The third kappa shape index (κ3) is 2.29. The van der Waals surface area contributed by atoms with Crippen molar-refractivity contribution in [1.29, 1.82) is 0 Å². The summed E-state index contributed by atoms with van der Waals surface area (Å²) in [7, 11) is 1.98. The van der Waals surface area contributed by atoms with E-state index in [1.165, 1.54) is 34.1 Å². The van der Waals surface area contributed by atoms with Crippen LogP contribution in [0.3, 0.4) is 0 Å². The molecule has 1 aromatic heterocycles. The van der Waals surface area contributed by atoms with E-state index in [1.54, 1.807) is 6.92 Å². The molecule has 9 heteroatoms. The minimum atomic E-state index is -1.08. The standard InChI is InChI=1S/C15H17N3O4S2/c1-7(19)10-12(20)18-11(14(21)22)15(24-13(10)18)23-9-3-8-4-16(2)6-17(8)5-9/h4,6-7,9-10,13,19H,3,5H2,1-2H3/p+1/t7-,9+,10+,13-/m1/s1. The van der Waals surface area contributed by atoms with Crippen molar-refractivity contribution in [2.75, 3.05) is 0 Å². The van der Waals surface area contributed by atoms with Gasteiger partial charge in [-0.25, -0.2) is 13.9 Å². The Labute approximate surface area is 147 Å². The number of amides is 1. The van der Waals surface area contributed by atoms with Gasteiger partial charge in [-0.15, -0.1) is 11.8 Å². The number of carbonyl (C=O) groups is 2. The molecule has 1 aromatic rings. The lowest BCUT2D eigenvalue weighted by atomic mass is 9.92. The minimum Gasteiger partial charge on any atom is -0.477 e. The van der Waals surface area contributed by atoms with E-state index in [4.69, 9.17) is 0 Å². The Hall–Kier alpha value is -1.45. The summed E-state index contributed by atoms with van der Waals surface area (Å²) < 4.78 is 4.88. The molecule has 0 aromatic carbocycles. The largest absolute Gasteiger partial charge is 0.477 e. The van der Waals surface area contributed by atoms with Crippen LogP contribution < -0.4 is 4.57 Å². The molecule has 0 spiro atoms. The van der Waals surface area contributed by atoms with Crippen molar-refractivity contribution in [3.05, 3.63) is 28.2 Å². The second-order valence-corrected chi connectivity index (χ2v) is 9.12. The molecule has 1 fully saturated rings. The van der Waals surface area contributed by atoms with Crippen LogP contribution in [-0.2, 0) is 29.6 Å². The lowest BCUT2D eigenvalue weighted by Crippen LogP contribution is -2.60. The zero-order chi connectivity index (χ0) is 17.2. The van der Waals surface area contributed by atoms with Crippen LogP contribution in [0, 0.1) is 5.92 Å². The zero-order valence-corrected chi connectivity index (χ0v) is 14.9. The number of carboxylic acid groups (broad SMARTS) is 1. The molecule has 3 aliphatic heterocycles. The smallest absolute Gasteiger partial charge is 0.354 e. The van der Waals surface area contributed by atoms with Gasteiger partial charge in [-0.05, 0) is 6.92 Å². The van der Waals surface area contributed by atoms with Crippen LogP contribution in [-0.4, -0.2) is 48.3 Å². The first kappa shape index (κ1) is 16.0. The summed E-state index contributed by atoms with van der Waals surface area (Å²) in [5, 5.41) is 19.3. The number of imidazole rings is 1. The number of hydrogen-bond acceptors (Lipinski definition) is 5. The van der Waals surface area contributed by atoms with Gasteiger partial charge in [-0.1, -0.05) is 11.8 Å². The van der Waals surface area contributed by atoms with Crippen LogP contribution in [0.15, 0.2) is 22.5 Å². The van der Waals surface area contributed by atoms with Crippen molar-refractivity contribution >= 4 is 35.4 Å². The number of carboxylic acids is 1. The number of aryl methyl sites for hydroxylation is 1. The molecule has 4 atom stereocenters. The second kappa shape index (κ2) is 5.53. The topological polar surface area (TPSA) is 86.7 Å². The number of aromatic nitrogens is 2. The SMILES string of the molecule is C[C@@H](O)[C@H]1C(=O)N2C(C(=O)O)=C(S[C@H]3Cc4c[n+](C)cn4C3)S[C@H]12. The molecule has 1 amide bonds. The number of aliphatic carboxylic acids is 1. The van der Waals surface area contributed by atoms with Gasteiger partial charge in [0.25, 0.3) is 0 Å². The number of β-lactam (4-membered cyclic amide) rings is 1. The highest BCUT2D eigenvalue weighted by Gasteiger charge is 2.58. The predicted molar refractivity (Wildman–Crippen MR) is 88.7 cm³/mol. The lowest BCUT2D eigenvalue weighted by Gasteiger charge is -2.43. The van der Waals surface area contributed by atoms with Crippen LogP contribution >= 0.6 is 23.5 Å². The Morgan fingerprint density at radius 3 is 2.92 bits per heavy atom. The zero-order valence-electron chi connectivity index (χ0n) is 13.2. The number of hydrogen-bond donors (Lipinski definition) is 2. The van der Waals surface area contributed by atoms with Gasteiger partial charge in [-0.3, -0.25) is 9.69 Å². The van der Waals surface area contributed by atoms with E-state index in [9.17, 15) is 19.8 Å². The molecular weight excluding hydrogens is 350 g/mol. The molecule has 0 bridgehead atoms. The fraction of sp³-hybridized carbons (Fsp3) is 0.533. The number of carbonyl (C=O) groups excluding carboxylic acids is 1. The predicted octanol–water partition coefficient (Wildman–Crippen LogP) is 0.136. The Morgan fingerprint density at radius 1 is 1.54 bits per heavy atom. The number of thioether (sulfide) groups is 2. The van der Waals surface area contributed by atoms with E-state index < -0.39 is 18.0 Å².